The number of esters is 1. The van der Waals surface area contributed by atoms with Crippen molar-refractivity contribution in [1.29, 1.82) is 0 Å². The summed E-state index contributed by atoms with van der Waals surface area (Å²) in [6.45, 7) is 0.869. The average Bonchev–Trinajstić information content (AvgIpc) is 3.26. The van der Waals surface area contributed by atoms with E-state index in [2.05, 4.69) is 9.97 Å². The molecule has 5 rings (SSSR count). The number of hydrogen-bond donors (Lipinski definition) is 1. The molecule has 7 heteroatoms. The Morgan fingerprint density at radius 3 is 2.93 bits per heavy atom. The van der Waals surface area contributed by atoms with Gasteiger partial charge in [-0.25, -0.2) is 4.79 Å². The summed E-state index contributed by atoms with van der Waals surface area (Å²) in [7, 11) is 1.38. The SMILES string of the molecule is COC(=O)c1ccnc2cc(-c3c4ccc(Cl)cc4nn3CC3CC3)[nH]c12. The molecule has 0 bridgehead atoms. The third-order valence-electron chi connectivity index (χ3n) is 5.01. The second-order valence-corrected chi connectivity index (χ2v) is 7.37. The van der Waals surface area contributed by atoms with E-state index in [1.54, 1.807) is 12.3 Å². The standard InChI is InChI=1S/C20H17ClN4O2/c1-27-20(26)14-6-7-22-16-9-17(23-18(14)16)19-13-5-4-12(21)8-15(13)24-25(19)10-11-2-3-11/h4-9,11,23H,2-3,10H2,1H3. The number of carbonyl (C=O) groups is 1. The lowest BCUT2D eigenvalue weighted by atomic mass is 10.1. The van der Waals surface area contributed by atoms with Crippen LogP contribution in [0.4, 0.5) is 0 Å². The number of pyridine rings is 1. The van der Waals surface area contributed by atoms with E-state index in [4.69, 9.17) is 21.4 Å². The smallest absolute Gasteiger partial charge is 0.340 e. The predicted molar refractivity (Wildman–Crippen MR) is 104 cm³/mol. The van der Waals surface area contributed by atoms with Crippen LogP contribution in [0.15, 0.2) is 36.5 Å². The van der Waals surface area contributed by atoms with Gasteiger partial charge in [-0.3, -0.25) is 9.67 Å². The first-order chi connectivity index (χ1) is 13.1. The van der Waals surface area contributed by atoms with Crippen molar-refractivity contribution in [2.75, 3.05) is 7.11 Å². The summed E-state index contributed by atoms with van der Waals surface area (Å²) in [6.07, 6.45) is 4.08. The molecule has 0 aliphatic heterocycles. The molecule has 1 aliphatic rings. The molecule has 1 fully saturated rings. The van der Waals surface area contributed by atoms with Crippen molar-refractivity contribution in [2.45, 2.75) is 19.4 Å². The van der Waals surface area contributed by atoms with Crippen LogP contribution in [0.5, 0.6) is 0 Å². The third kappa shape index (κ3) is 2.77. The summed E-state index contributed by atoms with van der Waals surface area (Å²) in [4.78, 5) is 19.9. The first kappa shape index (κ1) is 16.3. The van der Waals surface area contributed by atoms with Crippen molar-refractivity contribution in [3.8, 4) is 11.4 Å². The second kappa shape index (κ2) is 6.09. The van der Waals surface area contributed by atoms with Crippen LogP contribution >= 0.6 is 11.6 Å². The Balaban J connectivity index is 1.73. The van der Waals surface area contributed by atoms with Gasteiger partial charge in [0.2, 0.25) is 0 Å². The lowest BCUT2D eigenvalue weighted by molar-refractivity contribution is 0.0602. The number of hydrogen-bond acceptors (Lipinski definition) is 4. The van der Waals surface area contributed by atoms with E-state index in [-0.39, 0.29) is 5.97 Å². The van der Waals surface area contributed by atoms with Gasteiger partial charge in [-0.05, 0) is 49.1 Å². The second-order valence-electron chi connectivity index (χ2n) is 6.93. The molecule has 0 atom stereocenters. The van der Waals surface area contributed by atoms with Crippen LogP contribution in [-0.2, 0) is 11.3 Å². The summed E-state index contributed by atoms with van der Waals surface area (Å²) in [6, 6.07) is 9.36. The molecule has 1 saturated carbocycles. The molecule has 3 aromatic heterocycles. The minimum absolute atomic E-state index is 0.390. The monoisotopic (exact) mass is 380 g/mol. The van der Waals surface area contributed by atoms with Crippen molar-refractivity contribution in [1.82, 2.24) is 19.7 Å². The summed E-state index contributed by atoms with van der Waals surface area (Å²) >= 11 is 6.16. The first-order valence-corrected chi connectivity index (χ1v) is 9.24. The molecule has 0 saturated heterocycles. The van der Waals surface area contributed by atoms with Crippen LogP contribution in [0, 0.1) is 5.92 Å². The van der Waals surface area contributed by atoms with Gasteiger partial charge in [0.05, 0.1) is 40.6 Å². The average molecular weight is 381 g/mol. The van der Waals surface area contributed by atoms with E-state index in [1.807, 2.05) is 28.9 Å². The molecule has 0 spiro atoms. The largest absolute Gasteiger partial charge is 0.465 e. The number of H-pyrrole nitrogens is 1. The molecular formula is C20H17ClN4O2. The number of aromatic amines is 1. The number of nitrogens with zero attached hydrogens (tertiary/aromatic N) is 3. The van der Waals surface area contributed by atoms with Crippen molar-refractivity contribution in [3.63, 3.8) is 0 Å². The van der Waals surface area contributed by atoms with E-state index in [0.717, 1.165) is 28.8 Å². The van der Waals surface area contributed by atoms with E-state index >= 15 is 0 Å². The van der Waals surface area contributed by atoms with E-state index in [0.29, 0.717) is 27.5 Å². The van der Waals surface area contributed by atoms with Crippen LogP contribution in [-0.4, -0.2) is 32.8 Å². The number of nitrogens with one attached hydrogen (secondary N) is 1. The van der Waals surface area contributed by atoms with Gasteiger partial charge in [-0.15, -0.1) is 0 Å². The topological polar surface area (TPSA) is 72.8 Å². The number of ether oxygens (including phenoxy) is 1. The maximum atomic E-state index is 12.1. The Labute approximate surface area is 160 Å². The van der Waals surface area contributed by atoms with Gasteiger partial charge < -0.3 is 9.72 Å². The minimum atomic E-state index is -0.390. The molecule has 27 heavy (non-hydrogen) atoms. The molecule has 1 N–H and O–H groups in total. The Morgan fingerprint density at radius 2 is 2.15 bits per heavy atom. The zero-order valence-corrected chi connectivity index (χ0v) is 15.5. The lowest BCUT2D eigenvalue weighted by Gasteiger charge is -2.05. The van der Waals surface area contributed by atoms with Crippen molar-refractivity contribution >= 4 is 39.5 Å². The molecule has 1 aliphatic carbocycles. The van der Waals surface area contributed by atoms with Crippen LogP contribution in [0.25, 0.3) is 33.3 Å². The molecule has 0 amide bonds. The molecule has 6 nitrogen and oxygen atoms in total. The highest BCUT2D eigenvalue weighted by atomic mass is 35.5. The number of rotatable bonds is 4. The Hall–Kier alpha value is -2.86. The minimum Gasteiger partial charge on any atom is -0.465 e. The zero-order valence-electron chi connectivity index (χ0n) is 14.7. The summed E-state index contributed by atoms with van der Waals surface area (Å²) in [5, 5.41) is 6.46. The van der Waals surface area contributed by atoms with Gasteiger partial charge in [-0.1, -0.05) is 11.6 Å². The molecule has 1 aromatic carbocycles. The van der Waals surface area contributed by atoms with Crippen LogP contribution in [0.3, 0.4) is 0 Å². The third-order valence-corrected chi connectivity index (χ3v) is 5.25. The number of halogens is 1. The van der Waals surface area contributed by atoms with E-state index in [9.17, 15) is 4.79 Å². The quantitative estimate of drug-likeness (QED) is 0.531. The maximum Gasteiger partial charge on any atom is 0.340 e. The number of benzene rings is 1. The van der Waals surface area contributed by atoms with Crippen molar-refractivity contribution < 1.29 is 9.53 Å². The van der Waals surface area contributed by atoms with Gasteiger partial charge in [0.25, 0.3) is 0 Å². The molecular weight excluding hydrogens is 364 g/mol. The highest BCUT2D eigenvalue weighted by Crippen LogP contribution is 2.36. The fraction of sp³-hybridized carbons (Fsp3) is 0.250. The number of aromatic nitrogens is 4. The number of carbonyl (C=O) groups excluding carboxylic acids is 1. The fourth-order valence-corrected chi connectivity index (χ4v) is 3.67. The van der Waals surface area contributed by atoms with Crippen LogP contribution in [0.1, 0.15) is 23.2 Å². The maximum absolute atomic E-state index is 12.1. The highest BCUT2D eigenvalue weighted by Gasteiger charge is 2.25. The normalized spacial score (nSPS) is 14.1. The summed E-state index contributed by atoms with van der Waals surface area (Å²) < 4.78 is 6.94. The van der Waals surface area contributed by atoms with Gasteiger partial charge in [0.15, 0.2) is 0 Å². The Morgan fingerprint density at radius 1 is 1.30 bits per heavy atom. The van der Waals surface area contributed by atoms with E-state index in [1.165, 1.54) is 20.0 Å². The van der Waals surface area contributed by atoms with Gasteiger partial charge in [-0.2, -0.15) is 5.10 Å². The van der Waals surface area contributed by atoms with Gasteiger partial charge >= 0.3 is 5.97 Å². The zero-order chi connectivity index (χ0) is 18.5. The van der Waals surface area contributed by atoms with Gasteiger partial charge in [0.1, 0.15) is 0 Å². The fourth-order valence-electron chi connectivity index (χ4n) is 3.50. The summed E-state index contributed by atoms with van der Waals surface area (Å²) in [5.74, 6) is 0.278. The molecule has 3 heterocycles. The van der Waals surface area contributed by atoms with Crippen molar-refractivity contribution in [3.05, 3.63) is 47.1 Å². The molecule has 136 valence electrons. The van der Waals surface area contributed by atoms with Gasteiger partial charge in [0, 0.05) is 23.2 Å². The Bertz CT molecular complexity index is 1190. The molecule has 0 radical (unpaired) electrons. The number of methoxy groups -OCH3 is 1. The highest BCUT2D eigenvalue weighted by molar-refractivity contribution is 6.31. The summed E-state index contributed by atoms with van der Waals surface area (Å²) in [5.41, 5.74) is 4.57. The van der Waals surface area contributed by atoms with Crippen LogP contribution < -0.4 is 0 Å². The van der Waals surface area contributed by atoms with Crippen molar-refractivity contribution in [2.24, 2.45) is 5.92 Å². The van der Waals surface area contributed by atoms with Crippen LogP contribution in [0.2, 0.25) is 5.02 Å². The molecule has 4 aromatic rings. The predicted octanol–water partition coefficient (Wildman–Crippen LogP) is 4.43. The Kier molecular flexibility index (Phi) is 3.68. The first-order valence-electron chi connectivity index (χ1n) is 8.86. The molecule has 0 unspecified atom stereocenters. The lowest BCUT2D eigenvalue weighted by Crippen LogP contribution is -2.04. The van der Waals surface area contributed by atoms with E-state index < -0.39 is 0 Å². The number of fused-ring (bicyclic) bond motifs is 2.